The van der Waals surface area contributed by atoms with Gasteiger partial charge in [-0.3, -0.25) is 9.78 Å². The number of carbonyl (C=O) groups excluding carboxylic acids is 1. The number of amides is 1. The van der Waals surface area contributed by atoms with Gasteiger partial charge in [0.25, 0.3) is 5.91 Å². The molecular weight excluding hydrogens is 378 g/mol. The van der Waals surface area contributed by atoms with Crippen LogP contribution in [0.4, 0.5) is 0 Å². The van der Waals surface area contributed by atoms with Crippen LogP contribution >= 0.6 is 0 Å². The minimum atomic E-state index is -0.108. The summed E-state index contributed by atoms with van der Waals surface area (Å²) in [6.45, 7) is 2.54. The molecule has 0 radical (unpaired) electrons. The predicted octanol–water partition coefficient (Wildman–Crippen LogP) is 2.45. The van der Waals surface area contributed by atoms with E-state index >= 15 is 0 Å². The SMILES string of the molecule is C[C@@H]1CC[C@@H](C#Cc2ccnc(CO)c2)CN1C(=O)c1ccccc1-n1nccn1. The molecule has 1 N–H and O–H groups in total. The highest BCUT2D eigenvalue weighted by molar-refractivity contribution is 5.98. The maximum Gasteiger partial charge on any atom is 0.256 e. The summed E-state index contributed by atoms with van der Waals surface area (Å²) in [6, 6.07) is 11.1. The average Bonchev–Trinajstić information content (AvgIpc) is 3.33. The first-order valence-electron chi connectivity index (χ1n) is 9.99. The molecule has 0 saturated carbocycles. The van der Waals surface area contributed by atoms with E-state index in [1.54, 1.807) is 24.7 Å². The molecule has 152 valence electrons. The maximum atomic E-state index is 13.4. The van der Waals surface area contributed by atoms with E-state index in [-0.39, 0.29) is 24.5 Å². The Morgan fingerprint density at radius 2 is 1.97 bits per heavy atom. The summed E-state index contributed by atoms with van der Waals surface area (Å²) in [5.74, 6) is 6.53. The van der Waals surface area contributed by atoms with E-state index in [4.69, 9.17) is 0 Å². The summed E-state index contributed by atoms with van der Waals surface area (Å²) in [7, 11) is 0. The van der Waals surface area contributed by atoms with Gasteiger partial charge in [0.2, 0.25) is 0 Å². The van der Waals surface area contributed by atoms with Crippen molar-refractivity contribution in [2.75, 3.05) is 6.54 Å². The zero-order chi connectivity index (χ0) is 20.9. The summed E-state index contributed by atoms with van der Waals surface area (Å²) in [5.41, 5.74) is 2.66. The molecule has 7 heteroatoms. The van der Waals surface area contributed by atoms with E-state index in [1.807, 2.05) is 35.2 Å². The van der Waals surface area contributed by atoms with Gasteiger partial charge in [0, 0.05) is 30.3 Å². The Balaban J connectivity index is 1.55. The Hall–Kier alpha value is -3.50. The molecule has 4 rings (SSSR count). The first-order chi connectivity index (χ1) is 14.7. The van der Waals surface area contributed by atoms with Gasteiger partial charge in [0.1, 0.15) is 0 Å². The molecule has 1 saturated heterocycles. The number of para-hydroxylation sites is 1. The molecule has 0 aliphatic carbocycles. The second-order valence-electron chi connectivity index (χ2n) is 7.38. The first kappa shape index (κ1) is 19.8. The number of piperidine rings is 1. The lowest BCUT2D eigenvalue weighted by molar-refractivity contribution is 0.0598. The minimum Gasteiger partial charge on any atom is -0.390 e. The number of hydrogen-bond acceptors (Lipinski definition) is 5. The van der Waals surface area contributed by atoms with Crippen LogP contribution in [0, 0.1) is 17.8 Å². The van der Waals surface area contributed by atoms with Crippen molar-refractivity contribution in [1.29, 1.82) is 0 Å². The quantitative estimate of drug-likeness (QED) is 0.682. The van der Waals surface area contributed by atoms with Crippen molar-refractivity contribution in [3.8, 4) is 17.5 Å². The second kappa shape index (κ2) is 8.89. The Labute approximate surface area is 175 Å². The van der Waals surface area contributed by atoms with Gasteiger partial charge in [0.05, 0.1) is 35.9 Å². The number of rotatable bonds is 3. The van der Waals surface area contributed by atoms with Crippen molar-refractivity contribution >= 4 is 5.91 Å². The third-order valence-electron chi connectivity index (χ3n) is 5.31. The third kappa shape index (κ3) is 4.24. The predicted molar refractivity (Wildman–Crippen MR) is 112 cm³/mol. The smallest absolute Gasteiger partial charge is 0.256 e. The number of pyridine rings is 1. The fraction of sp³-hybridized carbons (Fsp3) is 0.304. The van der Waals surface area contributed by atoms with Crippen molar-refractivity contribution in [1.82, 2.24) is 24.9 Å². The van der Waals surface area contributed by atoms with Crippen LogP contribution < -0.4 is 0 Å². The van der Waals surface area contributed by atoms with Gasteiger partial charge in [-0.05, 0) is 44.0 Å². The van der Waals surface area contributed by atoms with Gasteiger partial charge in [-0.25, -0.2) is 0 Å². The number of hydrogen-bond donors (Lipinski definition) is 1. The van der Waals surface area contributed by atoms with Crippen LogP contribution in [0.1, 0.15) is 41.4 Å². The van der Waals surface area contributed by atoms with Crippen molar-refractivity contribution in [3.05, 3.63) is 71.8 Å². The molecule has 1 fully saturated rings. The molecule has 2 atom stereocenters. The molecule has 1 aliphatic heterocycles. The zero-order valence-electron chi connectivity index (χ0n) is 16.8. The Morgan fingerprint density at radius 3 is 2.77 bits per heavy atom. The lowest BCUT2D eigenvalue weighted by Crippen LogP contribution is -2.45. The molecule has 2 aromatic heterocycles. The van der Waals surface area contributed by atoms with E-state index in [0.717, 1.165) is 18.4 Å². The summed E-state index contributed by atoms with van der Waals surface area (Å²) >= 11 is 0. The third-order valence-corrected chi connectivity index (χ3v) is 5.31. The van der Waals surface area contributed by atoms with E-state index < -0.39 is 0 Å². The van der Waals surface area contributed by atoms with Gasteiger partial charge < -0.3 is 10.0 Å². The lowest BCUT2D eigenvalue weighted by atomic mass is 9.92. The van der Waals surface area contributed by atoms with Crippen molar-refractivity contribution in [3.63, 3.8) is 0 Å². The van der Waals surface area contributed by atoms with Crippen LogP contribution in [0.15, 0.2) is 55.0 Å². The monoisotopic (exact) mass is 401 g/mol. The molecule has 3 aromatic rings. The number of nitrogens with zero attached hydrogens (tertiary/aromatic N) is 5. The average molecular weight is 401 g/mol. The number of carbonyl (C=O) groups is 1. The molecular formula is C23H23N5O2. The molecule has 1 amide bonds. The number of aliphatic hydroxyl groups excluding tert-OH is 1. The fourth-order valence-corrected chi connectivity index (χ4v) is 3.66. The zero-order valence-corrected chi connectivity index (χ0v) is 16.8. The summed E-state index contributed by atoms with van der Waals surface area (Å²) < 4.78 is 0. The Bertz CT molecular complexity index is 1080. The molecule has 1 aromatic carbocycles. The Morgan fingerprint density at radius 1 is 1.17 bits per heavy atom. The van der Waals surface area contributed by atoms with Gasteiger partial charge in [-0.15, -0.1) is 0 Å². The van der Waals surface area contributed by atoms with Crippen LogP contribution in [-0.4, -0.2) is 48.5 Å². The van der Waals surface area contributed by atoms with Crippen LogP contribution in [-0.2, 0) is 6.61 Å². The van der Waals surface area contributed by atoms with Crippen molar-refractivity contribution in [2.45, 2.75) is 32.4 Å². The lowest BCUT2D eigenvalue weighted by Gasteiger charge is -2.36. The highest BCUT2D eigenvalue weighted by atomic mass is 16.3. The van der Waals surface area contributed by atoms with E-state index in [9.17, 15) is 9.90 Å². The van der Waals surface area contributed by atoms with Gasteiger partial charge in [0.15, 0.2) is 0 Å². The van der Waals surface area contributed by atoms with E-state index in [0.29, 0.717) is 23.5 Å². The molecule has 0 bridgehead atoms. The van der Waals surface area contributed by atoms with Crippen molar-refractivity contribution < 1.29 is 9.90 Å². The van der Waals surface area contributed by atoms with E-state index in [2.05, 4.69) is 33.9 Å². The summed E-state index contributed by atoms with van der Waals surface area (Å²) in [6.07, 6.45) is 6.67. The molecule has 30 heavy (non-hydrogen) atoms. The number of benzene rings is 1. The van der Waals surface area contributed by atoms with Gasteiger partial charge in [-0.2, -0.15) is 15.0 Å². The molecule has 0 unspecified atom stereocenters. The largest absolute Gasteiger partial charge is 0.390 e. The summed E-state index contributed by atoms with van der Waals surface area (Å²) in [5, 5.41) is 17.6. The number of aromatic nitrogens is 4. The maximum absolute atomic E-state index is 13.4. The number of likely N-dealkylation sites (tertiary alicyclic amines) is 1. The first-order valence-corrected chi connectivity index (χ1v) is 9.99. The molecule has 0 spiro atoms. The second-order valence-corrected chi connectivity index (χ2v) is 7.38. The summed E-state index contributed by atoms with van der Waals surface area (Å²) in [4.78, 5) is 20.9. The number of aliphatic hydroxyl groups is 1. The Kier molecular flexibility index (Phi) is 5.87. The fourth-order valence-electron chi connectivity index (χ4n) is 3.66. The highest BCUT2D eigenvalue weighted by Crippen LogP contribution is 2.25. The highest BCUT2D eigenvalue weighted by Gasteiger charge is 2.30. The molecule has 7 nitrogen and oxygen atoms in total. The van der Waals surface area contributed by atoms with Gasteiger partial charge in [-0.1, -0.05) is 24.0 Å². The molecule has 1 aliphatic rings. The normalized spacial score (nSPS) is 18.5. The van der Waals surface area contributed by atoms with Crippen LogP contribution in [0.25, 0.3) is 5.69 Å². The van der Waals surface area contributed by atoms with Crippen molar-refractivity contribution in [2.24, 2.45) is 5.92 Å². The minimum absolute atomic E-state index is 0.0339. The topological polar surface area (TPSA) is 84.1 Å². The van der Waals surface area contributed by atoms with Gasteiger partial charge >= 0.3 is 0 Å². The van der Waals surface area contributed by atoms with Crippen LogP contribution in [0.2, 0.25) is 0 Å². The van der Waals surface area contributed by atoms with E-state index in [1.165, 1.54) is 4.80 Å². The van der Waals surface area contributed by atoms with Crippen LogP contribution in [0.3, 0.4) is 0 Å². The standard InChI is InChI=1S/C23H23N5O2/c1-17-6-7-19(9-8-18-10-11-24-20(14-18)16-29)15-27(17)23(30)21-4-2-3-5-22(21)28-25-12-13-26-28/h2-5,10-14,17,19,29H,6-7,15-16H2,1H3/t17-,19+/m1/s1. The molecule has 3 heterocycles. The van der Waals surface area contributed by atoms with Crippen LogP contribution in [0.5, 0.6) is 0 Å².